The molecule has 0 aromatic heterocycles. The number of piperidine rings is 1. The fourth-order valence-electron chi connectivity index (χ4n) is 2.92. The summed E-state index contributed by atoms with van der Waals surface area (Å²) in [5.74, 6) is 0. The second kappa shape index (κ2) is 6.82. The monoisotopic (exact) mass is 372 g/mol. The summed E-state index contributed by atoms with van der Waals surface area (Å²) in [6, 6.07) is 18.4. The molecule has 1 saturated heterocycles. The number of nitrogens with zero attached hydrogens (tertiary/aromatic N) is 2. The van der Waals surface area contributed by atoms with Crippen molar-refractivity contribution < 1.29 is 4.39 Å². The molecule has 0 unspecified atom stereocenters. The maximum absolute atomic E-state index is 13.9. The number of alkyl halides is 1. The van der Waals surface area contributed by atoms with E-state index in [0.29, 0.717) is 25.9 Å². The summed E-state index contributed by atoms with van der Waals surface area (Å²) in [4.78, 5) is 2.21. The molecule has 2 aromatic rings. The van der Waals surface area contributed by atoms with Crippen LogP contribution < -0.4 is 0 Å². The van der Waals surface area contributed by atoms with Gasteiger partial charge in [0.15, 0.2) is 5.67 Å². The molecule has 2 nitrogen and oxygen atoms in total. The zero-order valence-electron chi connectivity index (χ0n) is 12.8. The molecule has 0 atom stereocenters. The molecule has 1 aliphatic rings. The third kappa shape index (κ3) is 3.80. The molecular formula is C19H18BrFN2. The Kier molecular flexibility index (Phi) is 4.79. The Labute approximate surface area is 144 Å². The molecule has 1 fully saturated rings. The minimum absolute atomic E-state index is 0.304. The fraction of sp³-hybridized carbons (Fsp3) is 0.316. The molecule has 0 bridgehead atoms. The van der Waals surface area contributed by atoms with E-state index in [1.165, 1.54) is 16.7 Å². The molecule has 0 spiro atoms. The van der Waals surface area contributed by atoms with Crippen molar-refractivity contribution in [1.82, 2.24) is 4.90 Å². The maximum atomic E-state index is 13.9. The Morgan fingerprint density at radius 3 is 2.35 bits per heavy atom. The molecule has 118 valence electrons. The molecule has 0 saturated carbocycles. The van der Waals surface area contributed by atoms with Crippen LogP contribution in [0.3, 0.4) is 0 Å². The van der Waals surface area contributed by atoms with Crippen LogP contribution in [0.5, 0.6) is 0 Å². The standard InChI is InChI=1S/C19H18BrFN2/c20-18-4-2-1-3-17(18)16-7-5-15(6-8-16)13-23-11-9-19(21,14-22)10-12-23/h1-8H,9-13H2. The van der Waals surface area contributed by atoms with E-state index in [2.05, 4.69) is 51.2 Å². The van der Waals surface area contributed by atoms with Crippen LogP contribution in [0.2, 0.25) is 0 Å². The molecule has 0 amide bonds. The molecule has 23 heavy (non-hydrogen) atoms. The number of rotatable bonds is 3. The lowest BCUT2D eigenvalue weighted by molar-refractivity contribution is 0.0984. The summed E-state index contributed by atoms with van der Waals surface area (Å²) in [5.41, 5.74) is 1.93. The minimum Gasteiger partial charge on any atom is -0.299 e. The van der Waals surface area contributed by atoms with Gasteiger partial charge < -0.3 is 0 Å². The highest BCUT2D eigenvalue weighted by atomic mass is 79.9. The Hall–Kier alpha value is -1.70. The van der Waals surface area contributed by atoms with Crippen molar-refractivity contribution in [3.8, 4) is 17.2 Å². The van der Waals surface area contributed by atoms with Gasteiger partial charge in [0.25, 0.3) is 0 Å². The zero-order chi connectivity index (χ0) is 16.3. The molecule has 2 aromatic carbocycles. The van der Waals surface area contributed by atoms with Gasteiger partial charge in [0.05, 0.1) is 0 Å². The van der Waals surface area contributed by atoms with E-state index >= 15 is 0 Å². The number of likely N-dealkylation sites (tertiary alicyclic amines) is 1. The predicted molar refractivity (Wildman–Crippen MR) is 93.5 cm³/mol. The third-order valence-corrected chi connectivity index (χ3v) is 5.09. The van der Waals surface area contributed by atoms with Gasteiger partial charge in [-0.2, -0.15) is 5.26 Å². The number of nitriles is 1. The Bertz CT molecular complexity index is 713. The van der Waals surface area contributed by atoms with Gasteiger partial charge in [-0.15, -0.1) is 0 Å². The van der Waals surface area contributed by atoms with Crippen molar-refractivity contribution >= 4 is 15.9 Å². The van der Waals surface area contributed by atoms with Crippen LogP contribution in [-0.2, 0) is 6.54 Å². The number of benzene rings is 2. The lowest BCUT2D eigenvalue weighted by atomic mass is 9.94. The summed E-state index contributed by atoms with van der Waals surface area (Å²) < 4.78 is 15.0. The van der Waals surface area contributed by atoms with Crippen molar-refractivity contribution in [3.63, 3.8) is 0 Å². The highest BCUT2D eigenvalue weighted by Gasteiger charge is 2.34. The first-order valence-corrected chi connectivity index (χ1v) is 8.55. The first-order chi connectivity index (χ1) is 11.1. The summed E-state index contributed by atoms with van der Waals surface area (Å²) in [7, 11) is 0. The van der Waals surface area contributed by atoms with Crippen LogP contribution in [0, 0.1) is 11.3 Å². The lowest BCUT2D eigenvalue weighted by Gasteiger charge is -2.32. The van der Waals surface area contributed by atoms with Gasteiger partial charge in [0, 0.05) is 36.9 Å². The second-order valence-corrected chi connectivity index (χ2v) is 6.88. The number of hydrogen-bond donors (Lipinski definition) is 0. The van der Waals surface area contributed by atoms with E-state index in [1.54, 1.807) is 6.07 Å². The van der Waals surface area contributed by atoms with Gasteiger partial charge in [-0.1, -0.05) is 58.4 Å². The molecule has 0 radical (unpaired) electrons. The Morgan fingerprint density at radius 1 is 1.09 bits per heavy atom. The summed E-state index contributed by atoms with van der Waals surface area (Å²) >= 11 is 3.58. The topological polar surface area (TPSA) is 27.0 Å². The number of hydrogen-bond acceptors (Lipinski definition) is 2. The van der Waals surface area contributed by atoms with Crippen molar-refractivity contribution in [1.29, 1.82) is 5.26 Å². The minimum atomic E-state index is -1.63. The largest absolute Gasteiger partial charge is 0.299 e. The SMILES string of the molecule is N#CC1(F)CCN(Cc2ccc(-c3ccccc3Br)cc2)CC1. The average molecular weight is 373 g/mol. The smallest absolute Gasteiger partial charge is 0.198 e. The quantitative estimate of drug-likeness (QED) is 0.762. The van der Waals surface area contributed by atoms with Gasteiger partial charge in [0.1, 0.15) is 6.07 Å². The van der Waals surface area contributed by atoms with E-state index in [4.69, 9.17) is 5.26 Å². The van der Waals surface area contributed by atoms with Gasteiger partial charge in [-0.25, -0.2) is 4.39 Å². The average Bonchev–Trinajstić information content (AvgIpc) is 2.58. The molecule has 0 aliphatic carbocycles. The van der Waals surface area contributed by atoms with Crippen molar-refractivity contribution in [2.24, 2.45) is 0 Å². The summed E-state index contributed by atoms with van der Waals surface area (Å²) in [6.45, 7) is 2.07. The first kappa shape index (κ1) is 16.2. The highest BCUT2D eigenvalue weighted by molar-refractivity contribution is 9.10. The Morgan fingerprint density at radius 2 is 1.74 bits per heavy atom. The van der Waals surface area contributed by atoms with E-state index in [-0.39, 0.29) is 0 Å². The summed E-state index contributed by atoms with van der Waals surface area (Å²) in [6.07, 6.45) is 0.608. The molecule has 0 N–H and O–H groups in total. The maximum Gasteiger partial charge on any atom is 0.198 e. The van der Waals surface area contributed by atoms with Crippen LogP contribution in [-0.4, -0.2) is 23.7 Å². The van der Waals surface area contributed by atoms with Crippen LogP contribution in [0.25, 0.3) is 11.1 Å². The van der Waals surface area contributed by atoms with Gasteiger partial charge in [0.2, 0.25) is 0 Å². The Balaban J connectivity index is 1.65. The van der Waals surface area contributed by atoms with Crippen LogP contribution in [0.15, 0.2) is 53.0 Å². The second-order valence-electron chi connectivity index (χ2n) is 6.03. The summed E-state index contributed by atoms with van der Waals surface area (Å²) in [5, 5.41) is 8.84. The molecule has 4 heteroatoms. The van der Waals surface area contributed by atoms with E-state index in [9.17, 15) is 4.39 Å². The lowest BCUT2D eigenvalue weighted by Crippen LogP contribution is -2.40. The van der Waals surface area contributed by atoms with Crippen molar-refractivity contribution in [2.75, 3.05) is 13.1 Å². The van der Waals surface area contributed by atoms with Crippen LogP contribution >= 0.6 is 15.9 Å². The molecule has 1 heterocycles. The van der Waals surface area contributed by atoms with E-state index < -0.39 is 5.67 Å². The normalized spacial score (nSPS) is 17.6. The number of halogens is 2. The van der Waals surface area contributed by atoms with E-state index in [0.717, 1.165) is 11.0 Å². The van der Waals surface area contributed by atoms with Gasteiger partial charge in [-0.05, 0) is 22.8 Å². The molecular weight excluding hydrogens is 355 g/mol. The van der Waals surface area contributed by atoms with Crippen molar-refractivity contribution in [2.45, 2.75) is 25.1 Å². The van der Waals surface area contributed by atoms with Crippen LogP contribution in [0.4, 0.5) is 4.39 Å². The molecule has 1 aliphatic heterocycles. The fourth-order valence-corrected chi connectivity index (χ4v) is 3.43. The third-order valence-electron chi connectivity index (χ3n) is 4.39. The van der Waals surface area contributed by atoms with E-state index in [1.807, 2.05) is 18.2 Å². The first-order valence-electron chi connectivity index (χ1n) is 7.76. The van der Waals surface area contributed by atoms with Crippen LogP contribution in [0.1, 0.15) is 18.4 Å². The predicted octanol–water partition coefficient (Wildman–Crippen LogP) is 4.94. The van der Waals surface area contributed by atoms with Crippen molar-refractivity contribution in [3.05, 3.63) is 58.6 Å². The molecule has 3 rings (SSSR count). The zero-order valence-corrected chi connectivity index (χ0v) is 14.4. The van der Waals surface area contributed by atoms with Gasteiger partial charge >= 0.3 is 0 Å². The highest BCUT2D eigenvalue weighted by Crippen LogP contribution is 2.29. The van der Waals surface area contributed by atoms with Gasteiger partial charge in [-0.3, -0.25) is 4.90 Å².